The number of para-hydroxylation sites is 1. The Labute approximate surface area is 181 Å². The molecule has 3 atom stereocenters. The van der Waals surface area contributed by atoms with Crippen molar-refractivity contribution in [2.45, 2.75) is 18.7 Å². The van der Waals surface area contributed by atoms with Crippen LogP contribution in [0.2, 0.25) is 0 Å². The molecule has 2 aliphatic heterocycles. The van der Waals surface area contributed by atoms with E-state index in [1.165, 1.54) is 0 Å². The molecule has 5 nitrogen and oxygen atoms in total. The topological polar surface area (TPSA) is 44.8 Å². The molecule has 1 N–H and O–H groups in total. The van der Waals surface area contributed by atoms with Crippen LogP contribution in [0.25, 0.3) is 10.8 Å². The molecule has 6 heteroatoms. The van der Waals surface area contributed by atoms with Crippen molar-refractivity contribution in [3.8, 4) is 5.75 Å². The summed E-state index contributed by atoms with van der Waals surface area (Å²) < 4.78 is 6.67. The van der Waals surface area contributed by atoms with Gasteiger partial charge in [0.15, 0.2) is 10.8 Å². The van der Waals surface area contributed by atoms with Gasteiger partial charge in [0.05, 0.1) is 6.04 Å². The maximum absolute atomic E-state index is 13.5. The second-order valence-corrected chi connectivity index (χ2v) is 8.55. The van der Waals surface area contributed by atoms with Crippen molar-refractivity contribution >= 4 is 39.7 Å². The Hall–Kier alpha value is -3.12. The van der Waals surface area contributed by atoms with E-state index in [4.69, 9.17) is 17.0 Å². The fourth-order valence-corrected chi connectivity index (χ4v) is 5.20. The Bertz CT molecular complexity index is 1160. The van der Waals surface area contributed by atoms with Gasteiger partial charge in [-0.25, -0.2) is 0 Å². The van der Waals surface area contributed by atoms with Gasteiger partial charge >= 0.3 is 0 Å². The Morgan fingerprint density at radius 1 is 1.07 bits per heavy atom. The van der Waals surface area contributed by atoms with Gasteiger partial charge < -0.3 is 15.0 Å². The van der Waals surface area contributed by atoms with E-state index in [0.717, 1.165) is 27.8 Å². The summed E-state index contributed by atoms with van der Waals surface area (Å²) in [6.45, 7) is 1.96. The highest BCUT2D eigenvalue weighted by atomic mass is 32.1. The molecule has 0 aromatic heterocycles. The fraction of sp³-hybridized carbons (Fsp3) is 0.250. The number of fused-ring (bicyclic) bond motifs is 6. The van der Waals surface area contributed by atoms with Crippen LogP contribution in [-0.2, 0) is 4.79 Å². The summed E-state index contributed by atoms with van der Waals surface area (Å²) in [7, 11) is 3.57. The van der Waals surface area contributed by atoms with E-state index in [9.17, 15) is 4.79 Å². The van der Waals surface area contributed by atoms with E-state index in [0.29, 0.717) is 5.11 Å². The van der Waals surface area contributed by atoms with Crippen molar-refractivity contribution < 1.29 is 9.53 Å². The Morgan fingerprint density at radius 3 is 2.50 bits per heavy atom. The summed E-state index contributed by atoms with van der Waals surface area (Å²) in [5.41, 5.74) is 0.906. The average molecular weight is 418 g/mol. The van der Waals surface area contributed by atoms with Crippen molar-refractivity contribution in [1.82, 2.24) is 10.2 Å². The third kappa shape index (κ3) is 2.60. The van der Waals surface area contributed by atoms with E-state index < -0.39 is 11.6 Å². The van der Waals surface area contributed by atoms with Crippen molar-refractivity contribution in [1.29, 1.82) is 0 Å². The van der Waals surface area contributed by atoms with Crippen LogP contribution in [0.1, 0.15) is 18.5 Å². The maximum Gasteiger partial charge on any atom is 0.233 e. The fourth-order valence-electron chi connectivity index (χ4n) is 4.79. The van der Waals surface area contributed by atoms with Crippen LogP contribution in [-0.4, -0.2) is 35.7 Å². The SMILES string of the molecule is CN(C)C(=O)[C@@H]1[C@H]2NC(=S)N(c3ccccc3)[C@@]1(C)Oc1ccc3ccccc3c12. The zero-order chi connectivity index (χ0) is 21.0. The lowest BCUT2D eigenvalue weighted by molar-refractivity contribution is -0.144. The molecule has 2 heterocycles. The average Bonchev–Trinajstić information content (AvgIpc) is 2.73. The lowest BCUT2D eigenvalue weighted by Crippen LogP contribution is -2.72. The zero-order valence-corrected chi connectivity index (χ0v) is 17.9. The summed E-state index contributed by atoms with van der Waals surface area (Å²) >= 11 is 5.80. The minimum Gasteiger partial charge on any atom is -0.466 e. The van der Waals surface area contributed by atoms with Crippen LogP contribution in [0.15, 0.2) is 66.7 Å². The molecule has 2 bridgehead atoms. The zero-order valence-electron chi connectivity index (χ0n) is 17.1. The van der Waals surface area contributed by atoms with Crippen LogP contribution in [0, 0.1) is 5.92 Å². The number of benzene rings is 3. The number of ether oxygens (including phenoxy) is 1. The highest BCUT2D eigenvalue weighted by molar-refractivity contribution is 7.80. The van der Waals surface area contributed by atoms with E-state index in [-0.39, 0.29) is 11.9 Å². The third-order valence-corrected chi connectivity index (χ3v) is 6.42. The predicted octanol–water partition coefficient (Wildman–Crippen LogP) is 4.09. The molecular weight excluding hydrogens is 394 g/mol. The van der Waals surface area contributed by atoms with Gasteiger partial charge in [0.2, 0.25) is 5.91 Å². The van der Waals surface area contributed by atoms with Gasteiger partial charge in [0.25, 0.3) is 0 Å². The molecule has 0 saturated carbocycles. The molecule has 2 aliphatic rings. The number of nitrogens with zero attached hydrogens (tertiary/aromatic N) is 2. The molecule has 1 amide bonds. The van der Waals surface area contributed by atoms with Gasteiger partial charge in [0.1, 0.15) is 11.7 Å². The largest absolute Gasteiger partial charge is 0.466 e. The minimum absolute atomic E-state index is 0.00276. The number of carbonyl (C=O) groups is 1. The Balaban J connectivity index is 1.77. The smallest absolute Gasteiger partial charge is 0.233 e. The van der Waals surface area contributed by atoms with Gasteiger partial charge in [-0.2, -0.15) is 0 Å². The van der Waals surface area contributed by atoms with Crippen LogP contribution >= 0.6 is 12.2 Å². The van der Waals surface area contributed by atoms with Gasteiger partial charge in [-0.05, 0) is 48.1 Å². The molecule has 3 aromatic carbocycles. The van der Waals surface area contributed by atoms with Crippen LogP contribution in [0.5, 0.6) is 5.75 Å². The number of thiocarbonyl (C=S) groups is 1. The van der Waals surface area contributed by atoms with Gasteiger partial charge in [0, 0.05) is 25.3 Å². The third-order valence-electron chi connectivity index (χ3n) is 6.12. The van der Waals surface area contributed by atoms with Gasteiger partial charge in [-0.1, -0.05) is 48.5 Å². The standard InChI is InChI=1S/C24H23N3O2S/c1-24-20(22(28)26(2)3)21(25-23(30)27(24)16-10-5-4-6-11-16)19-17-12-8-7-9-15(17)13-14-18(19)29-24/h4-14,20-21H,1-3H3,(H,25,30)/t20-,21-,24-/m0/s1. The van der Waals surface area contributed by atoms with Crippen LogP contribution < -0.4 is 15.0 Å². The lowest BCUT2D eigenvalue weighted by atomic mass is 9.77. The first-order valence-electron chi connectivity index (χ1n) is 9.99. The first-order valence-corrected chi connectivity index (χ1v) is 10.4. The summed E-state index contributed by atoms with van der Waals surface area (Å²) in [4.78, 5) is 17.0. The molecular formula is C24H23N3O2S. The number of nitrogens with one attached hydrogen (secondary N) is 1. The number of amides is 1. The van der Waals surface area contributed by atoms with Crippen molar-refractivity contribution in [3.05, 3.63) is 72.3 Å². The lowest BCUT2D eigenvalue weighted by Gasteiger charge is -2.56. The normalized spacial score (nSPS) is 24.6. The monoisotopic (exact) mass is 417 g/mol. The molecule has 0 aliphatic carbocycles. The molecule has 0 unspecified atom stereocenters. The molecule has 5 rings (SSSR count). The van der Waals surface area contributed by atoms with E-state index >= 15 is 0 Å². The minimum atomic E-state index is -0.967. The van der Waals surface area contributed by atoms with Gasteiger partial charge in [-0.3, -0.25) is 9.69 Å². The molecule has 0 spiro atoms. The number of rotatable bonds is 2. The molecule has 1 fully saturated rings. The van der Waals surface area contributed by atoms with Crippen molar-refractivity contribution in [2.24, 2.45) is 5.92 Å². The highest BCUT2D eigenvalue weighted by Crippen LogP contribution is 2.51. The van der Waals surface area contributed by atoms with Crippen LogP contribution in [0.3, 0.4) is 0 Å². The van der Waals surface area contributed by atoms with E-state index in [2.05, 4.69) is 23.5 Å². The van der Waals surface area contributed by atoms with Crippen molar-refractivity contribution in [2.75, 3.05) is 19.0 Å². The number of hydrogen-bond donors (Lipinski definition) is 1. The number of anilines is 1. The molecule has 3 aromatic rings. The second kappa shape index (κ2) is 6.71. The quantitative estimate of drug-likeness (QED) is 0.637. The summed E-state index contributed by atoms with van der Waals surface area (Å²) in [6, 6.07) is 21.8. The number of hydrogen-bond acceptors (Lipinski definition) is 3. The van der Waals surface area contributed by atoms with Gasteiger partial charge in [-0.15, -0.1) is 0 Å². The van der Waals surface area contributed by atoms with Crippen molar-refractivity contribution in [3.63, 3.8) is 0 Å². The molecule has 0 radical (unpaired) electrons. The van der Waals surface area contributed by atoms with E-state index in [1.807, 2.05) is 60.4 Å². The summed E-state index contributed by atoms with van der Waals surface area (Å²) in [5, 5.41) is 6.22. The molecule has 1 saturated heterocycles. The Kier molecular flexibility index (Phi) is 4.22. The number of carbonyl (C=O) groups excluding carboxylic acids is 1. The first-order chi connectivity index (χ1) is 14.4. The van der Waals surface area contributed by atoms with Crippen LogP contribution in [0.4, 0.5) is 5.69 Å². The summed E-state index contributed by atoms with van der Waals surface area (Å²) in [6.07, 6.45) is 0. The Morgan fingerprint density at radius 2 is 1.77 bits per heavy atom. The molecule has 30 heavy (non-hydrogen) atoms. The van der Waals surface area contributed by atoms with E-state index in [1.54, 1.807) is 19.0 Å². The maximum atomic E-state index is 13.5. The first kappa shape index (κ1) is 18.9. The predicted molar refractivity (Wildman–Crippen MR) is 123 cm³/mol. The summed E-state index contributed by atoms with van der Waals surface area (Å²) in [5.74, 6) is 0.287. The highest BCUT2D eigenvalue weighted by Gasteiger charge is 2.59. The second-order valence-electron chi connectivity index (χ2n) is 8.16. The molecule has 152 valence electrons.